The third kappa shape index (κ3) is 6.46. The first-order valence-electron chi connectivity index (χ1n) is 10.3. The van der Waals surface area contributed by atoms with Gasteiger partial charge in [-0.1, -0.05) is 37.3 Å². The van der Waals surface area contributed by atoms with E-state index < -0.39 is 0 Å². The third-order valence-electron chi connectivity index (χ3n) is 4.65. The molecule has 3 rings (SSSR count). The Labute approximate surface area is 172 Å². The highest BCUT2D eigenvalue weighted by Gasteiger charge is 2.07. The smallest absolute Gasteiger partial charge is 0.251 e. The molecule has 0 fully saturated rings. The molecule has 0 radical (unpaired) electrons. The lowest BCUT2D eigenvalue weighted by molar-refractivity contribution is 0.0951. The van der Waals surface area contributed by atoms with Crippen LogP contribution < -0.4 is 10.1 Å². The molecule has 0 saturated carbocycles. The zero-order chi connectivity index (χ0) is 20.3. The summed E-state index contributed by atoms with van der Waals surface area (Å²) in [6.45, 7) is 3.32. The first kappa shape index (κ1) is 20.6. The molecule has 0 aliphatic heterocycles. The Hall–Kier alpha value is -3.14. The number of ether oxygens (including phenoxy) is 1. The summed E-state index contributed by atoms with van der Waals surface area (Å²) in [6, 6.07) is 17.3. The van der Waals surface area contributed by atoms with Crippen molar-refractivity contribution in [2.75, 3.05) is 6.61 Å². The molecule has 150 valence electrons. The van der Waals surface area contributed by atoms with Gasteiger partial charge in [-0.15, -0.1) is 0 Å². The molecule has 4 nitrogen and oxygen atoms in total. The monoisotopic (exact) mass is 388 g/mol. The number of benzene rings is 2. The summed E-state index contributed by atoms with van der Waals surface area (Å²) in [5, 5.41) is 3.94. The van der Waals surface area contributed by atoms with Gasteiger partial charge in [0.25, 0.3) is 5.91 Å². The van der Waals surface area contributed by atoms with E-state index in [1.54, 1.807) is 12.3 Å². The summed E-state index contributed by atoms with van der Waals surface area (Å²) in [4.78, 5) is 16.8. The predicted molar refractivity (Wildman–Crippen MR) is 118 cm³/mol. The molecule has 1 heterocycles. The van der Waals surface area contributed by atoms with E-state index >= 15 is 0 Å². The zero-order valence-electron chi connectivity index (χ0n) is 16.9. The molecule has 4 heteroatoms. The van der Waals surface area contributed by atoms with Crippen LogP contribution in [0.4, 0.5) is 0 Å². The number of hydrogen-bond acceptors (Lipinski definition) is 3. The molecular formula is C25H28N2O2. The highest BCUT2D eigenvalue weighted by Crippen LogP contribution is 2.16. The molecule has 1 N–H and O–H groups in total. The minimum atomic E-state index is -0.0952. The van der Waals surface area contributed by atoms with Gasteiger partial charge >= 0.3 is 0 Å². The second-order valence-electron chi connectivity index (χ2n) is 6.96. The summed E-state index contributed by atoms with van der Waals surface area (Å²) in [5.41, 5.74) is 2.54. The van der Waals surface area contributed by atoms with Gasteiger partial charge in [0.05, 0.1) is 12.1 Å². The van der Waals surface area contributed by atoms with Crippen molar-refractivity contribution in [2.45, 2.75) is 39.2 Å². The van der Waals surface area contributed by atoms with Gasteiger partial charge in [0.15, 0.2) is 0 Å². The molecule has 0 unspecified atom stereocenters. The van der Waals surface area contributed by atoms with Crippen LogP contribution in [-0.4, -0.2) is 17.5 Å². The normalized spacial score (nSPS) is 11.1. The number of amides is 1. The molecule has 0 saturated heterocycles. The van der Waals surface area contributed by atoms with E-state index in [9.17, 15) is 4.79 Å². The topological polar surface area (TPSA) is 51.2 Å². The van der Waals surface area contributed by atoms with Gasteiger partial charge in [-0.2, -0.15) is 0 Å². The van der Waals surface area contributed by atoms with Crippen LogP contribution in [-0.2, 0) is 6.54 Å². The lowest BCUT2D eigenvalue weighted by Gasteiger charge is -2.09. The van der Waals surface area contributed by atoms with Crippen molar-refractivity contribution in [3.63, 3.8) is 0 Å². The average Bonchev–Trinajstić information content (AvgIpc) is 2.77. The quantitative estimate of drug-likeness (QED) is 0.359. The molecule has 0 atom stereocenters. The summed E-state index contributed by atoms with van der Waals surface area (Å²) in [7, 11) is 0. The van der Waals surface area contributed by atoms with Gasteiger partial charge in [-0.05, 0) is 67.6 Å². The molecular weight excluding hydrogens is 360 g/mol. The van der Waals surface area contributed by atoms with E-state index in [-0.39, 0.29) is 5.91 Å². The van der Waals surface area contributed by atoms with E-state index in [4.69, 9.17) is 4.74 Å². The molecule has 0 aliphatic rings. The maximum Gasteiger partial charge on any atom is 0.251 e. The van der Waals surface area contributed by atoms with Crippen molar-refractivity contribution >= 4 is 16.8 Å². The van der Waals surface area contributed by atoms with Crippen LogP contribution in [0.5, 0.6) is 5.75 Å². The molecule has 1 aromatic heterocycles. The number of fused-ring (bicyclic) bond motifs is 1. The van der Waals surface area contributed by atoms with Crippen molar-refractivity contribution in [3.8, 4) is 5.75 Å². The van der Waals surface area contributed by atoms with Gasteiger partial charge in [0, 0.05) is 23.7 Å². The standard InChI is InChI=1S/C25H28N2O2/c1-2-3-4-5-6-7-16-29-23-12-8-10-20(17-23)19-27-25(28)22-13-14-24-21(18-22)11-9-15-26-24/h3-4,8-15,17-18H,2,5-7,16,19H2,1H3,(H,27,28)/b4-3+. The predicted octanol–water partition coefficient (Wildman–Crippen LogP) is 5.68. The Balaban J connectivity index is 1.48. The average molecular weight is 389 g/mol. The minimum Gasteiger partial charge on any atom is -0.494 e. The van der Waals surface area contributed by atoms with Gasteiger partial charge in [-0.3, -0.25) is 9.78 Å². The number of carbonyl (C=O) groups is 1. The van der Waals surface area contributed by atoms with Crippen LogP contribution in [0, 0.1) is 0 Å². The van der Waals surface area contributed by atoms with Crippen molar-refractivity contribution in [3.05, 3.63) is 84.1 Å². The van der Waals surface area contributed by atoms with Crippen LogP contribution in [0.1, 0.15) is 48.5 Å². The maximum absolute atomic E-state index is 12.5. The Morgan fingerprint density at radius 1 is 1.07 bits per heavy atom. The Bertz CT molecular complexity index is 966. The van der Waals surface area contributed by atoms with Gasteiger partial charge < -0.3 is 10.1 Å². The van der Waals surface area contributed by atoms with E-state index in [0.29, 0.717) is 18.7 Å². The van der Waals surface area contributed by atoms with Gasteiger partial charge in [0.2, 0.25) is 0 Å². The summed E-state index contributed by atoms with van der Waals surface area (Å²) < 4.78 is 5.85. The SMILES string of the molecule is CC/C=C/CCCCOc1cccc(CNC(=O)c2ccc3ncccc3c2)c1. The molecule has 1 amide bonds. The largest absolute Gasteiger partial charge is 0.494 e. The van der Waals surface area contributed by atoms with E-state index in [2.05, 4.69) is 29.4 Å². The number of aromatic nitrogens is 1. The van der Waals surface area contributed by atoms with Crippen molar-refractivity contribution in [2.24, 2.45) is 0 Å². The summed E-state index contributed by atoms with van der Waals surface area (Å²) in [5.74, 6) is 0.750. The summed E-state index contributed by atoms with van der Waals surface area (Å²) >= 11 is 0. The number of hydrogen-bond donors (Lipinski definition) is 1. The van der Waals surface area contributed by atoms with Crippen LogP contribution in [0.25, 0.3) is 10.9 Å². The first-order valence-corrected chi connectivity index (χ1v) is 10.3. The summed E-state index contributed by atoms with van der Waals surface area (Å²) in [6.07, 6.45) is 10.6. The number of unbranched alkanes of at least 4 members (excludes halogenated alkanes) is 2. The molecule has 0 spiro atoms. The highest BCUT2D eigenvalue weighted by molar-refractivity contribution is 5.97. The lowest BCUT2D eigenvalue weighted by Crippen LogP contribution is -2.22. The molecule has 2 aromatic carbocycles. The van der Waals surface area contributed by atoms with Gasteiger partial charge in [-0.25, -0.2) is 0 Å². The molecule has 0 aliphatic carbocycles. The minimum absolute atomic E-state index is 0.0952. The highest BCUT2D eigenvalue weighted by atomic mass is 16.5. The number of pyridine rings is 1. The van der Waals surface area contributed by atoms with E-state index in [1.165, 1.54) is 0 Å². The number of carbonyl (C=O) groups excluding carboxylic acids is 1. The second kappa shape index (κ2) is 11.0. The van der Waals surface area contributed by atoms with Crippen LogP contribution >= 0.6 is 0 Å². The number of nitrogens with one attached hydrogen (secondary N) is 1. The third-order valence-corrected chi connectivity index (χ3v) is 4.65. The maximum atomic E-state index is 12.5. The zero-order valence-corrected chi connectivity index (χ0v) is 16.9. The van der Waals surface area contributed by atoms with Crippen molar-refractivity contribution < 1.29 is 9.53 Å². The fourth-order valence-corrected chi connectivity index (χ4v) is 3.09. The molecule has 29 heavy (non-hydrogen) atoms. The van der Waals surface area contributed by atoms with Crippen LogP contribution in [0.3, 0.4) is 0 Å². The fourth-order valence-electron chi connectivity index (χ4n) is 3.09. The number of nitrogens with zero attached hydrogens (tertiary/aromatic N) is 1. The second-order valence-corrected chi connectivity index (χ2v) is 6.96. The van der Waals surface area contributed by atoms with Crippen molar-refractivity contribution in [1.82, 2.24) is 10.3 Å². The van der Waals surface area contributed by atoms with Gasteiger partial charge in [0.1, 0.15) is 5.75 Å². The Morgan fingerprint density at radius 3 is 2.90 bits per heavy atom. The number of rotatable bonds is 10. The molecule has 0 bridgehead atoms. The Morgan fingerprint density at radius 2 is 2.00 bits per heavy atom. The fraction of sp³-hybridized carbons (Fsp3) is 0.280. The molecule has 3 aromatic rings. The Kier molecular flexibility index (Phi) is 7.81. The van der Waals surface area contributed by atoms with E-state index in [1.807, 2.05) is 48.5 Å². The lowest BCUT2D eigenvalue weighted by atomic mass is 10.1. The first-order chi connectivity index (χ1) is 14.3. The van der Waals surface area contributed by atoms with Crippen LogP contribution in [0.15, 0.2) is 72.9 Å². The van der Waals surface area contributed by atoms with Crippen LogP contribution in [0.2, 0.25) is 0 Å². The number of allylic oxidation sites excluding steroid dienone is 2. The van der Waals surface area contributed by atoms with E-state index in [0.717, 1.165) is 47.9 Å². The van der Waals surface area contributed by atoms with Crippen molar-refractivity contribution in [1.29, 1.82) is 0 Å².